The van der Waals surface area contributed by atoms with Gasteiger partial charge in [-0.25, -0.2) is 0 Å². The van der Waals surface area contributed by atoms with Crippen LogP contribution in [-0.4, -0.2) is 23.8 Å². The van der Waals surface area contributed by atoms with Gasteiger partial charge in [0.25, 0.3) is 0 Å². The molecule has 94 valence electrons. The van der Waals surface area contributed by atoms with Crippen LogP contribution in [0, 0.1) is 17.3 Å². The van der Waals surface area contributed by atoms with E-state index in [0.29, 0.717) is 0 Å². The van der Waals surface area contributed by atoms with Gasteiger partial charge in [0.15, 0.2) is 0 Å². The van der Waals surface area contributed by atoms with Gasteiger partial charge < -0.3 is 10.4 Å². The van der Waals surface area contributed by atoms with Crippen LogP contribution in [0.5, 0.6) is 0 Å². The van der Waals surface area contributed by atoms with Gasteiger partial charge in [0.05, 0.1) is 6.10 Å². The molecule has 0 amide bonds. The third-order valence-corrected chi connectivity index (χ3v) is 5.32. The SMILES string of the molecule is CCC(C)(CNC1CC2CCC1C2)C(C)O. The monoisotopic (exact) mass is 225 g/mol. The molecule has 0 aromatic carbocycles. The van der Waals surface area contributed by atoms with Crippen LogP contribution >= 0.6 is 0 Å². The van der Waals surface area contributed by atoms with Crippen LogP contribution in [0.1, 0.15) is 52.9 Å². The molecule has 16 heavy (non-hydrogen) atoms. The molecule has 0 saturated heterocycles. The number of aliphatic hydroxyl groups is 1. The van der Waals surface area contributed by atoms with Gasteiger partial charge in [0.1, 0.15) is 0 Å². The fourth-order valence-corrected chi connectivity index (χ4v) is 3.43. The normalized spacial score (nSPS) is 38.6. The highest BCUT2D eigenvalue weighted by molar-refractivity contribution is 4.95. The molecule has 2 fully saturated rings. The Morgan fingerprint density at radius 2 is 2.12 bits per heavy atom. The average molecular weight is 225 g/mol. The molecule has 2 heteroatoms. The number of nitrogens with one attached hydrogen (secondary N) is 1. The summed E-state index contributed by atoms with van der Waals surface area (Å²) in [5.41, 5.74) is 0.0435. The minimum atomic E-state index is -0.219. The standard InChI is InChI=1S/C14H27NO/c1-4-14(3,10(2)16)9-15-13-8-11-5-6-12(13)7-11/h10-13,15-16H,4-9H2,1-3H3. The van der Waals surface area contributed by atoms with E-state index >= 15 is 0 Å². The highest BCUT2D eigenvalue weighted by Gasteiger charge is 2.40. The number of hydrogen-bond acceptors (Lipinski definition) is 2. The van der Waals surface area contributed by atoms with Crippen molar-refractivity contribution in [3.8, 4) is 0 Å². The first-order valence-electron chi connectivity index (χ1n) is 6.96. The third kappa shape index (κ3) is 2.28. The van der Waals surface area contributed by atoms with Gasteiger partial charge in [0, 0.05) is 18.0 Å². The predicted molar refractivity (Wildman–Crippen MR) is 67.3 cm³/mol. The second kappa shape index (κ2) is 4.66. The summed E-state index contributed by atoms with van der Waals surface area (Å²) in [6, 6.07) is 0.739. The molecule has 5 unspecified atom stereocenters. The molecule has 2 N–H and O–H groups in total. The zero-order chi connectivity index (χ0) is 11.8. The van der Waals surface area contributed by atoms with E-state index < -0.39 is 0 Å². The summed E-state index contributed by atoms with van der Waals surface area (Å²) in [7, 11) is 0. The van der Waals surface area contributed by atoms with E-state index in [-0.39, 0.29) is 11.5 Å². The molecule has 5 atom stereocenters. The predicted octanol–water partition coefficient (Wildman–Crippen LogP) is 2.56. The van der Waals surface area contributed by atoms with E-state index in [1.165, 1.54) is 25.7 Å². The van der Waals surface area contributed by atoms with Gasteiger partial charge in [-0.15, -0.1) is 0 Å². The second-order valence-corrected chi connectivity index (χ2v) is 6.35. The minimum Gasteiger partial charge on any atom is -0.393 e. The molecule has 2 bridgehead atoms. The lowest BCUT2D eigenvalue weighted by atomic mass is 9.81. The number of hydrogen-bond donors (Lipinski definition) is 2. The van der Waals surface area contributed by atoms with Crippen molar-refractivity contribution in [2.75, 3.05) is 6.54 Å². The Bertz CT molecular complexity index is 241. The first kappa shape index (κ1) is 12.4. The minimum absolute atomic E-state index is 0.0435. The third-order valence-electron chi connectivity index (χ3n) is 5.32. The van der Waals surface area contributed by atoms with Gasteiger partial charge >= 0.3 is 0 Å². The van der Waals surface area contributed by atoms with E-state index in [2.05, 4.69) is 19.2 Å². The summed E-state index contributed by atoms with van der Waals surface area (Å²) in [4.78, 5) is 0. The molecule has 2 aliphatic carbocycles. The summed E-state index contributed by atoms with van der Waals surface area (Å²) in [5.74, 6) is 1.93. The van der Waals surface area contributed by atoms with Gasteiger partial charge in [-0.3, -0.25) is 0 Å². The summed E-state index contributed by atoms with van der Waals surface area (Å²) < 4.78 is 0. The first-order chi connectivity index (χ1) is 7.55. The Morgan fingerprint density at radius 3 is 2.56 bits per heavy atom. The summed E-state index contributed by atoms with van der Waals surface area (Å²) in [6.45, 7) is 7.26. The van der Waals surface area contributed by atoms with Crippen LogP contribution in [0.25, 0.3) is 0 Å². The van der Waals surface area contributed by atoms with Gasteiger partial charge in [-0.1, -0.05) is 20.3 Å². The molecule has 0 aromatic heterocycles. The van der Waals surface area contributed by atoms with Crippen molar-refractivity contribution in [3.63, 3.8) is 0 Å². The second-order valence-electron chi connectivity index (χ2n) is 6.35. The fraction of sp³-hybridized carbons (Fsp3) is 1.00. The molecule has 0 heterocycles. The van der Waals surface area contributed by atoms with Gasteiger partial charge in [0.2, 0.25) is 0 Å². The first-order valence-corrected chi connectivity index (χ1v) is 6.96. The molecule has 0 aromatic rings. The molecule has 2 nitrogen and oxygen atoms in total. The van der Waals surface area contributed by atoms with Crippen molar-refractivity contribution in [3.05, 3.63) is 0 Å². The Morgan fingerprint density at radius 1 is 1.38 bits per heavy atom. The Hall–Kier alpha value is -0.0800. The van der Waals surface area contributed by atoms with Gasteiger partial charge in [-0.2, -0.15) is 0 Å². The molecule has 2 aliphatic rings. The van der Waals surface area contributed by atoms with Crippen molar-refractivity contribution in [1.29, 1.82) is 0 Å². The number of fused-ring (bicyclic) bond motifs is 2. The summed E-state index contributed by atoms with van der Waals surface area (Å²) >= 11 is 0. The Kier molecular flexibility index (Phi) is 3.60. The largest absolute Gasteiger partial charge is 0.393 e. The molecular formula is C14H27NO. The van der Waals surface area contributed by atoms with Crippen LogP contribution in [-0.2, 0) is 0 Å². The highest BCUT2D eigenvalue weighted by Crippen LogP contribution is 2.44. The quantitative estimate of drug-likeness (QED) is 0.753. The molecular weight excluding hydrogens is 198 g/mol. The Balaban J connectivity index is 1.82. The van der Waals surface area contributed by atoms with Gasteiger partial charge in [-0.05, 0) is 44.4 Å². The molecule has 0 spiro atoms. The van der Waals surface area contributed by atoms with Crippen molar-refractivity contribution >= 4 is 0 Å². The maximum atomic E-state index is 9.84. The van der Waals surface area contributed by atoms with E-state index in [0.717, 1.165) is 30.8 Å². The van der Waals surface area contributed by atoms with Crippen molar-refractivity contribution in [2.24, 2.45) is 17.3 Å². The van der Waals surface area contributed by atoms with E-state index in [9.17, 15) is 5.11 Å². The zero-order valence-electron chi connectivity index (χ0n) is 11.0. The van der Waals surface area contributed by atoms with E-state index in [1.54, 1.807) is 0 Å². The Labute approximate surface area is 99.8 Å². The lowest BCUT2D eigenvalue weighted by Gasteiger charge is -2.34. The molecule has 2 saturated carbocycles. The van der Waals surface area contributed by atoms with Crippen LogP contribution < -0.4 is 5.32 Å². The average Bonchev–Trinajstić information content (AvgIpc) is 2.87. The molecule has 2 rings (SSSR count). The number of aliphatic hydroxyl groups excluding tert-OH is 1. The van der Waals surface area contributed by atoms with Crippen LogP contribution in [0.3, 0.4) is 0 Å². The maximum absolute atomic E-state index is 9.84. The van der Waals surface area contributed by atoms with Crippen LogP contribution in [0.15, 0.2) is 0 Å². The lowest BCUT2D eigenvalue weighted by Crippen LogP contribution is -2.45. The summed E-state index contributed by atoms with van der Waals surface area (Å²) in [5, 5.41) is 13.6. The maximum Gasteiger partial charge on any atom is 0.0577 e. The van der Waals surface area contributed by atoms with E-state index in [4.69, 9.17) is 0 Å². The lowest BCUT2D eigenvalue weighted by molar-refractivity contribution is 0.0453. The topological polar surface area (TPSA) is 32.3 Å². The summed E-state index contributed by atoms with van der Waals surface area (Å²) in [6.07, 6.45) is 6.55. The zero-order valence-corrected chi connectivity index (χ0v) is 11.0. The molecule has 0 aliphatic heterocycles. The van der Waals surface area contributed by atoms with Crippen molar-refractivity contribution < 1.29 is 5.11 Å². The van der Waals surface area contributed by atoms with Crippen molar-refractivity contribution in [1.82, 2.24) is 5.32 Å². The smallest absolute Gasteiger partial charge is 0.0577 e. The highest BCUT2D eigenvalue weighted by atomic mass is 16.3. The van der Waals surface area contributed by atoms with E-state index in [1.807, 2.05) is 6.92 Å². The number of rotatable bonds is 5. The van der Waals surface area contributed by atoms with Crippen molar-refractivity contribution in [2.45, 2.75) is 65.0 Å². The molecule has 0 radical (unpaired) electrons. The van der Waals surface area contributed by atoms with Crippen LogP contribution in [0.2, 0.25) is 0 Å². The fourth-order valence-electron chi connectivity index (χ4n) is 3.43. The van der Waals surface area contributed by atoms with Crippen LogP contribution in [0.4, 0.5) is 0 Å².